The average molecular weight is 335 g/mol. The standard InChI is InChI=1S/C13H13N5O4S/c19-13(12-2-5-16-22-12)14-6-8-23(20,21)17-10-3-7-18-11(9-10)1-4-15-18/h1-5,7,9,17H,6,8H2,(H,14,19). The summed E-state index contributed by atoms with van der Waals surface area (Å²) in [4.78, 5) is 11.6. The molecule has 0 bridgehead atoms. The molecule has 3 aromatic rings. The highest BCUT2D eigenvalue weighted by atomic mass is 32.2. The maximum absolute atomic E-state index is 12.0. The SMILES string of the molecule is O=C(NCCS(=O)(=O)Nc1ccn2nccc2c1)c1ccno1. The van der Waals surface area contributed by atoms with Crippen LogP contribution in [-0.4, -0.2) is 41.4 Å². The zero-order valence-corrected chi connectivity index (χ0v) is 12.7. The first-order valence-electron chi connectivity index (χ1n) is 6.66. The number of carbonyl (C=O) groups is 1. The number of pyridine rings is 1. The van der Waals surface area contributed by atoms with E-state index in [1.165, 1.54) is 12.3 Å². The van der Waals surface area contributed by atoms with E-state index in [1.807, 2.05) is 0 Å². The fraction of sp³-hybridized carbons (Fsp3) is 0.154. The largest absolute Gasteiger partial charge is 0.351 e. The molecule has 1 amide bonds. The number of aromatic nitrogens is 3. The monoisotopic (exact) mass is 335 g/mol. The normalized spacial score (nSPS) is 11.5. The van der Waals surface area contributed by atoms with Crippen LogP contribution in [0.5, 0.6) is 0 Å². The summed E-state index contributed by atoms with van der Waals surface area (Å²) in [6, 6.07) is 6.42. The minimum absolute atomic E-state index is 0.0292. The Hall–Kier alpha value is -2.88. The fourth-order valence-corrected chi connectivity index (χ4v) is 2.89. The number of carbonyl (C=O) groups excluding carboxylic acids is 1. The van der Waals surface area contributed by atoms with Crippen molar-refractivity contribution in [3.63, 3.8) is 0 Å². The van der Waals surface area contributed by atoms with E-state index in [0.29, 0.717) is 5.69 Å². The van der Waals surface area contributed by atoms with Gasteiger partial charge in [-0.3, -0.25) is 9.52 Å². The van der Waals surface area contributed by atoms with Crippen LogP contribution < -0.4 is 10.0 Å². The van der Waals surface area contributed by atoms with E-state index in [4.69, 9.17) is 0 Å². The van der Waals surface area contributed by atoms with Gasteiger partial charge in [-0.25, -0.2) is 12.9 Å². The lowest BCUT2D eigenvalue weighted by atomic mass is 10.4. The van der Waals surface area contributed by atoms with Crippen LogP contribution in [0.3, 0.4) is 0 Å². The van der Waals surface area contributed by atoms with Crippen LogP contribution in [0.1, 0.15) is 10.6 Å². The molecule has 0 radical (unpaired) electrons. The molecule has 9 nitrogen and oxygen atoms in total. The summed E-state index contributed by atoms with van der Waals surface area (Å²) < 4.78 is 32.8. The third kappa shape index (κ3) is 3.66. The summed E-state index contributed by atoms with van der Waals surface area (Å²) in [5.41, 5.74) is 1.20. The predicted octanol–water partition coefficient (Wildman–Crippen LogP) is 0.494. The Kier molecular flexibility index (Phi) is 3.98. The van der Waals surface area contributed by atoms with Gasteiger partial charge >= 0.3 is 0 Å². The lowest BCUT2D eigenvalue weighted by Crippen LogP contribution is -2.31. The summed E-state index contributed by atoms with van der Waals surface area (Å²) in [5.74, 6) is -0.753. The van der Waals surface area contributed by atoms with Crippen LogP contribution in [0.4, 0.5) is 5.69 Å². The van der Waals surface area contributed by atoms with Crippen LogP contribution in [0, 0.1) is 0 Å². The quantitative estimate of drug-likeness (QED) is 0.677. The molecule has 2 N–H and O–H groups in total. The third-order valence-electron chi connectivity index (χ3n) is 2.99. The smallest absolute Gasteiger partial charge is 0.289 e. The van der Waals surface area contributed by atoms with Crippen molar-refractivity contribution in [2.45, 2.75) is 0 Å². The highest BCUT2D eigenvalue weighted by Crippen LogP contribution is 2.13. The van der Waals surface area contributed by atoms with E-state index in [2.05, 4.69) is 24.8 Å². The van der Waals surface area contributed by atoms with Crippen molar-refractivity contribution in [2.75, 3.05) is 17.0 Å². The molecular formula is C13H13N5O4S. The fourth-order valence-electron chi connectivity index (χ4n) is 1.93. The molecule has 0 aliphatic rings. The molecule has 0 fully saturated rings. The minimum Gasteiger partial charge on any atom is -0.351 e. The molecule has 0 atom stereocenters. The summed E-state index contributed by atoms with van der Waals surface area (Å²) >= 11 is 0. The number of hydrogen-bond acceptors (Lipinski definition) is 6. The summed E-state index contributed by atoms with van der Waals surface area (Å²) in [6.07, 6.45) is 4.60. The zero-order valence-electron chi connectivity index (χ0n) is 11.8. The first kappa shape index (κ1) is 15.0. The van der Waals surface area contributed by atoms with Crippen LogP contribution in [0.25, 0.3) is 5.52 Å². The van der Waals surface area contributed by atoms with Gasteiger partial charge in [-0.05, 0) is 18.2 Å². The lowest BCUT2D eigenvalue weighted by molar-refractivity contribution is 0.0919. The Balaban J connectivity index is 1.57. The van der Waals surface area contributed by atoms with Gasteiger partial charge in [0.1, 0.15) is 0 Å². The van der Waals surface area contributed by atoms with Gasteiger partial charge in [-0.2, -0.15) is 5.10 Å². The summed E-state index contributed by atoms with van der Waals surface area (Å²) in [6.45, 7) is -0.0518. The number of rotatable bonds is 6. The molecule has 0 aliphatic carbocycles. The van der Waals surface area contributed by atoms with Crippen molar-refractivity contribution >= 4 is 27.1 Å². The molecule has 0 aliphatic heterocycles. The van der Waals surface area contributed by atoms with Crippen molar-refractivity contribution in [1.82, 2.24) is 20.1 Å². The van der Waals surface area contributed by atoms with Crippen molar-refractivity contribution in [3.05, 3.63) is 48.6 Å². The molecule has 120 valence electrons. The number of hydrogen-bond donors (Lipinski definition) is 2. The van der Waals surface area contributed by atoms with Gasteiger partial charge in [0.05, 0.1) is 23.2 Å². The first-order valence-corrected chi connectivity index (χ1v) is 8.31. The predicted molar refractivity (Wildman–Crippen MR) is 81.4 cm³/mol. The van der Waals surface area contributed by atoms with E-state index < -0.39 is 15.9 Å². The Bertz CT molecular complexity index is 917. The number of nitrogens with one attached hydrogen (secondary N) is 2. The van der Waals surface area contributed by atoms with Crippen LogP contribution in [0.15, 0.2) is 47.4 Å². The van der Waals surface area contributed by atoms with Crippen molar-refractivity contribution in [1.29, 1.82) is 0 Å². The Morgan fingerprint density at radius 2 is 2.13 bits per heavy atom. The molecule has 3 aromatic heterocycles. The number of anilines is 1. The Labute approximate surface area is 131 Å². The average Bonchev–Trinajstić information content (AvgIpc) is 3.17. The summed E-state index contributed by atoms with van der Waals surface area (Å²) in [5, 5.41) is 9.88. The van der Waals surface area contributed by atoms with E-state index in [0.717, 1.165) is 5.52 Å². The topological polar surface area (TPSA) is 119 Å². The number of nitrogens with zero attached hydrogens (tertiary/aromatic N) is 3. The van der Waals surface area contributed by atoms with E-state index in [9.17, 15) is 13.2 Å². The van der Waals surface area contributed by atoms with E-state index >= 15 is 0 Å². The van der Waals surface area contributed by atoms with Crippen molar-refractivity contribution in [3.8, 4) is 0 Å². The molecular weight excluding hydrogens is 322 g/mol. The summed E-state index contributed by atoms with van der Waals surface area (Å²) in [7, 11) is -3.59. The molecule has 10 heteroatoms. The van der Waals surface area contributed by atoms with Gasteiger partial charge in [0.2, 0.25) is 15.8 Å². The molecule has 3 heterocycles. The molecule has 0 saturated heterocycles. The number of fused-ring (bicyclic) bond motifs is 1. The lowest BCUT2D eigenvalue weighted by Gasteiger charge is -2.08. The molecule has 0 spiro atoms. The maximum Gasteiger partial charge on any atom is 0.289 e. The number of amides is 1. The highest BCUT2D eigenvalue weighted by Gasteiger charge is 2.14. The second-order valence-corrected chi connectivity index (χ2v) is 6.51. The van der Waals surface area contributed by atoms with Crippen LogP contribution >= 0.6 is 0 Å². The molecule has 3 rings (SSSR count). The van der Waals surface area contributed by atoms with Gasteiger partial charge in [-0.1, -0.05) is 5.16 Å². The zero-order chi connectivity index (χ0) is 16.3. The molecule has 23 heavy (non-hydrogen) atoms. The molecule has 0 saturated carbocycles. The highest BCUT2D eigenvalue weighted by molar-refractivity contribution is 7.92. The van der Waals surface area contributed by atoms with Gasteiger partial charge in [0.15, 0.2) is 0 Å². The van der Waals surface area contributed by atoms with Crippen LogP contribution in [-0.2, 0) is 10.0 Å². The Morgan fingerprint density at radius 1 is 1.26 bits per heavy atom. The van der Waals surface area contributed by atoms with Gasteiger partial charge in [0.25, 0.3) is 5.91 Å². The van der Waals surface area contributed by atoms with Crippen molar-refractivity contribution < 1.29 is 17.7 Å². The van der Waals surface area contributed by atoms with Gasteiger partial charge < -0.3 is 9.84 Å². The number of sulfonamides is 1. The first-order chi connectivity index (χ1) is 11.0. The molecule has 0 aromatic carbocycles. The van der Waals surface area contributed by atoms with E-state index in [1.54, 1.807) is 35.1 Å². The Morgan fingerprint density at radius 3 is 2.91 bits per heavy atom. The molecule has 0 unspecified atom stereocenters. The minimum atomic E-state index is -3.59. The maximum atomic E-state index is 12.0. The second kappa shape index (κ2) is 6.08. The van der Waals surface area contributed by atoms with Crippen molar-refractivity contribution in [2.24, 2.45) is 0 Å². The third-order valence-corrected chi connectivity index (χ3v) is 4.28. The van der Waals surface area contributed by atoms with Gasteiger partial charge in [-0.15, -0.1) is 0 Å². The van der Waals surface area contributed by atoms with Gasteiger partial charge in [0, 0.05) is 25.0 Å². The second-order valence-electron chi connectivity index (χ2n) is 4.67. The van der Waals surface area contributed by atoms with E-state index in [-0.39, 0.29) is 18.1 Å². The van der Waals surface area contributed by atoms with Crippen LogP contribution in [0.2, 0.25) is 0 Å².